The Bertz CT molecular complexity index is 739. The van der Waals surface area contributed by atoms with Crippen molar-refractivity contribution < 1.29 is 9.59 Å². The molecule has 0 unspecified atom stereocenters. The Morgan fingerprint density at radius 2 is 1.62 bits per heavy atom. The summed E-state index contributed by atoms with van der Waals surface area (Å²) >= 11 is 1.84. The van der Waals surface area contributed by atoms with Crippen LogP contribution in [0.25, 0.3) is 0 Å². The van der Waals surface area contributed by atoms with Gasteiger partial charge in [0.15, 0.2) is 0 Å². The van der Waals surface area contributed by atoms with Crippen molar-refractivity contribution in [2.75, 3.05) is 76.5 Å². The Labute approximate surface area is 196 Å². The number of thioether (sulfide) groups is 1. The average molecular weight is 460 g/mol. The van der Waals surface area contributed by atoms with Gasteiger partial charge in [0, 0.05) is 55.6 Å². The number of nitrogens with one attached hydrogen (secondary N) is 2. The van der Waals surface area contributed by atoms with Crippen LogP contribution in [-0.2, 0) is 9.59 Å². The van der Waals surface area contributed by atoms with E-state index in [1.807, 2.05) is 36.0 Å². The highest BCUT2D eigenvalue weighted by Crippen LogP contribution is 2.21. The van der Waals surface area contributed by atoms with Crippen LogP contribution in [0.15, 0.2) is 29.2 Å². The van der Waals surface area contributed by atoms with E-state index in [0.717, 1.165) is 50.9 Å². The SMILES string of the molecule is O=C(Nc1ccc(SCCN2CCCC2)cc1)C(=O)N1CCN(CC2CCNCC2)CC1. The smallest absolute Gasteiger partial charge is 0.313 e. The van der Waals surface area contributed by atoms with Crippen molar-refractivity contribution in [3.63, 3.8) is 0 Å². The first-order valence-electron chi connectivity index (χ1n) is 12.2. The molecule has 0 spiro atoms. The average Bonchev–Trinajstić information content (AvgIpc) is 3.34. The fourth-order valence-corrected chi connectivity index (χ4v) is 5.74. The monoisotopic (exact) mass is 459 g/mol. The zero-order valence-corrected chi connectivity index (χ0v) is 19.9. The van der Waals surface area contributed by atoms with E-state index in [-0.39, 0.29) is 0 Å². The first-order chi connectivity index (χ1) is 15.7. The number of carbonyl (C=O) groups is 2. The van der Waals surface area contributed by atoms with Gasteiger partial charge in [0.05, 0.1) is 0 Å². The number of rotatable bonds is 7. The molecule has 0 saturated carbocycles. The summed E-state index contributed by atoms with van der Waals surface area (Å²) in [6.07, 6.45) is 5.12. The van der Waals surface area contributed by atoms with Crippen LogP contribution in [0.4, 0.5) is 5.69 Å². The second-order valence-corrected chi connectivity index (χ2v) is 10.3. The first-order valence-corrected chi connectivity index (χ1v) is 13.1. The maximum atomic E-state index is 12.6. The zero-order chi connectivity index (χ0) is 22.2. The normalized spacial score (nSPS) is 21.1. The van der Waals surface area contributed by atoms with Gasteiger partial charge in [0.2, 0.25) is 0 Å². The lowest BCUT2D eigenvalue weighted by Crippen LogP contribution is -2.52. The van der Waals surface area contributed by atoms with E-state index in [4.69, 9.17) is 0 Å². The van der Waals surface area contributed by atoms with Crippen molar-refractivity contribution in [2.24, 2.45) is 5.92 Å². The Morgan fingerprint density at radius 3 is 2.31 bits per heavy atom. The van der Waals surface area contributed by atoms with Crippen molar-refractivity contribution in [3.8, 4) is 0 Å². The van der Waals surface area contributed by atoms with Crippen LogP contribution < -0.4 is 10.6 Å². The third-order valence-electron chi connectivity index (χ3n) is 6.82. The summed E-state index contributed by atoms with van der Waals surface area (Å²) in [5, 5.41) is 6.19. The number of anilines is 1. The molecule has 0 bridgehead atoms. The molecule has 2 amide bonds. The van der Waals surface area contributed by atoms with E-state index in [2.05, 4.69) is 20.4 Å². The van der Waals surface area contributed by atoms with E-state index < -0.39 is 11.8 Å². The van der Waals surface area contributed by atoms with Crippen molar-refractivity contribution in [2.45, 2.75) is 30.6 Å². The third kappa shape index (κ3) is 6.94. The molecule has 8 heteroatoms. The molecule has 0 atom stereocenters. The van der Waals surface area contributed by atoms with Crippen LogP contribution in [0.3, 0.4) is 0 Å². The lowest BCUT2D eigenvalue weighted by Gasteiger charge is -2.37. The molecule has 0 radical (unpaired) electrons. The fraction of sp³-hybridized carbons (Fsp3) is 0.667. The Balaban J connectivity index is 1.16. The summed E-state index contributed by atoms with van der Waals surface area (Å²) in [6.45, 7) is 9.89. The second-order valence-electron chi connectivity index (χ2n) is 9.16. The molecule has 3 heterocycles. The Kier molecular flexibility index (Phi) is 8.85. The van der Waals surface area contributed by atoms with Crippen molar-refractivity contribution in [1.29, 1.82) is 0 Å². The number of likely N-dealkylation sites (tertiary alicyclic amines) is 1. The molecule has 3 fully saturated rings. The van der Waals surface area contributed by atoms with E-state index >= 15 is 0 Å². The number of carbonyl (C=O) groups excluding carboxylic acids is 2. The van der Waals surface area contributed by atoms with Crippen LogP contribution >= 0.6 is 11.8 Å². The minimum absolute atomic E-state index is 0.421. The molecule has 3 aliphatic heterocycles. The summed E-state index contributed by atoms with van der Waals surface area (Å²) in [6, 6.07) is 7.82. The zero-order valence-electron chi connectivity index (χ0n) is 19.1. The molecule has 3 aliphatic rings. The maximum Gasteiger partial charge on any atom is 0.313 e. The summed E-state index contributed by atoms with van der Waals surface area (Å²) in [5.41, 5.74) is 0.678. The molecular formula is C24H37N5O2S. The molecule has 1 aromatic rings. The molecular weight excluding hydrogens is 422 g/mol. The van der Waals surface area contributed by atoms with Crippen molar-refractivity contribution >= 4 is 29.3 Å². The predicted molar refractivity (Wildman–Crippen MR) is 130 cm³/mol. The van der Waals surface area contributed by atoms with Gasteiger partial charge in [-0.25, -0.2) is 0 Å². The first kappa shape index (κ1) is 23.5. The predicted octanol–water partition coefficient (Wildman–Crippen LogP) is 1.96. The van der Waals surface area contributed by atoms with Crippen LogP contribution in [0, 0.1) is 5.92 Å². The minimum atomic E-state index is -0.536. The standard InChI is InChI=1S/C24H37N5O2S/c30-23(24(31)29-15-13-28(14-16-29)19-20-7-9-25-10-8-20)26-21-3-5-22(6-4-21)32-18-17-27-11-1-2-12-27/h3-6,20,25H,1-2,7-19H2,(H,26,30). The van der Waals surface area contributed by atoms with Crippen molar-refractivity contribution in [1.82, 2.24) is 20.0 Å². The molecule has 0 aliphatic carbocycles. The Morgan fingerprint density at radius 1 is 0.938 bits per heavy atom. The largest absolute Gasteiger partial charge is 0.332 e. The second kappa shape index (κ2) is 12.0. The molecule has 3 saturated heterocycles. The summed E-state index contributed by atoms with van der Waals surface area (Å²) in [4.78, 5) is 32.9. The third-order valence-corrected chi connectivity index (χ3v) is 7.81. The van der Waals surface area contributed by atoms with E-state index in [1.54, 1.807) is 4.90 Å². The summed E-state index contributed by atoms with van der Waals surface area (Å²) in [7, 11) is 0. The van der Waals surface area contributed by atoms with Crippen molar-refractivity contribution in [3.05, 3.63) is 24.3 Å². The number of piperazine rings is 1. The Hall–Kier alpha value is -1.61. The lowest BCUT2D eigenvalue weighted by atomic mass is 9.97. The van der Waals surface area contributed by atoms with Gasteiger partial charge in [-0.3, -0.25) is 14.5 Å². The topological polar surface area (TPSA) is 67.9 Å². The van der Waals surface area contributed by atoms with Gasteiger partial charge in [0.25, 0.3) is 0 Å². The highest BCUT2D eigenvalue weighted by molar-refractivity contribution is 7.99. The van der Waals surface area contributed by atoms with Gasteiger partial charge < -0.3 is 20.4 Å². The number of amides is 2. The van der Waals surface area contributed by atoms with E-state index in [9.17, 15) is 9.59 Å². The van der Waals surface area contributed by atoms with Crippen LogP contribution in [0.5, 0.6) is 0 Å². The van der Waals surface area contributed by atoms with Gasteiger partial charge in [0.1, 0.15) is 0 Å². The number of benzene rings is 1. The highest BCUT2D eigenvalue weighted by Gasteiger charge is 2.27. The lowest BCUT2D eigenvalue weighted by molar-refractivity contribution is -0.144. The molecule has 7 nitrogen and oxygen atoms in total. The molecule has 0 aromatic heterocycles. The number of hydrogen-bond donors (Lipinski definition) is 2. The van der Waals surface area contributed by atoms with E-state index in [1.165, 1.54) is 43.7 Å². The summed E-state index contributed by atoms with van der Waals surface area (Å²) < 4.78 is 0. The van der Waals surface area contributed by atoms with Crippen LogP contribution in [0.1, 0.15) is 25.7 Å². The van der Waals surface area contributed by atoms with Crippen LogP contribution in [-0.4, -0.2) is 97.7 Å². The maximum absolute atomic E-state index is 12.6. The van der Waals surface area contributed by atoms with Gasteiger partial charge in [-0.2, -0.15) is 0 Å². The quantitative estimate of drug-likeness (QED) is 0.480. The minimum Gasteiger partial charge on any atom is -0.332 e. The molecule has 32 heavy (non-hydrogen) atoms. The number of piperidine rings is 1. The summed E-state index contributed by atoms with van der Waals surface area (Å²) in [5.74, 6) is 0.873. The van der Waals surface area contributed by atoms with Gasteiger partial charge >= 0.3 is 11.8 Å². The van der Waals surface area contributed by atoms with Gasteiger partial charge in [-0.1, -0.05) is 0 Å². The van der Waals surface area contributed by atoms with E-state index in [0.29, 0.717) is 18.8 Å². The van der Waals surface area contributed by atoms with Gasteiger partial charge in [-0.15, -0.1) is 11.8 Å². The molecule has 4 rings (SSSR count). The number of hydrogen-bond acceptors (Lipinski definition) is 6. The molecule has 2 N–H and O–H groups in total. The fourth-order valence-electron chi connectivity index (χ4n) is 4.82. The molecule has 1 aromatic carbocycles. The number of nitrogens with zero attached hydrogens (tertiary/aromatic N) is 3. The van der Waals surface area contributed by atoms with Crippen LogP contribution in [0.2, 0.25) is 0 Å². The van der Waals surface area contributed by atoms with Gasteiger partial charge in [-0.05, 0) is 82.0 Å². The molecule has 176 valence electrons. The highest BCUT2D eigenvalue weighted by atomic mass is 32.2.